The molecular formula is C22H23FN6O5. The molecule has 4 rings (SSSR count). The third-order valence-corrected chi connectivity index (χ3v) is 4.43. The van der Waals surface area contributed by atoms with E-state index in [4.69, 9.17) is 34.0 Å². The van der Waals surface area contributed by atoms with Gasteiger partial charge in [-0.3, -0.25) is 4.79 Å². The lowest BCUT2D eigenvalue weighted by Gasteiger charge is -2.30. The van der Waals surface area contributed by atoms with E-state index in [-0.39, 0.29) is 17.4 Å². The molecule has 1 aliphatic rings. The average molecular weight is 482 g/mol. The summed E-state index contributed by atoms with van der Waals surface area (Å²) in [4.78, 5) is 24.0. The molecule has 0 aliphatic carbocycles. The number of nitrogens with one attached hydrogen (secondary N) is 3. The van der Waals surface area contributed by atoms with Crippen molar-refractivity contribution in [3.8, 4) is 23.0 Å². The molecule has 3 N–H and O–H groups in total. The highest BCUT2D eigenvalue weighted by atomic mass is 19.1. The number of carbonyl (C=O) groups excluding carboxylic acids is 1. The molecule has 12 heteroatoms. The first-order valence-electron chi connectivity index (χ1n) is 14.9. The number of rotatable bonds is 7. The lowest BCUT2D eigenvalue weighted by Crippen LogP contribution is -2.46. The number of hydrogen-bond donors (Lipinski definition) is 3. The summed E-state index contributed by atoms with van der Waals surface area (Å²) >= 11 is 0. The Morgan fingerprint density at radius 2 is 1.85 bits per heavy atom. The molecule has 2 aromatic heterocycles. The molecule has 0 spiro atoms. The zero-order valence-corrected chi connectivity index (χ0v) is 17.5. The minimum Gasteiger partial charge on any atom is -0.493 e. The van der Waals surface area contributed by atoms with Crippen molar-refractivity contribution in [1.82, 2.24) is 15.0 Å². The number of fused-ring (bicyclic) bond motifs is 1. The summed E-state index contributed by atoms with van der Waals surface area (Å²) in [7, 11) is -9.96. The second-order valence-corrected chi connectivity index (χ2v) is 7.17. The van der Waals surface area contributed by atoms with Gasteiger partial charge in [0.1, 0.15) is 5.82 Å². The Balaban J connectivity index is 1.76. The highest BCUT2D eigenvalue weighted by Crippen LogP contribution is 2.40. The quantitative estimate of drug-likeness (QED) is 0.460. The number of methoxy groups -OCH3 is 3. The minimum absolute atomic E-state index is 0.00355. The first kappa shape index (κ1) is 12.8. The SMILES string of the molecule is [2H]c1c(Nc2ncc(F)c(Nc3ccc4c(n3)NC(=O)C(C)(C)O4)n2)c([2H])c(OC([2H])([2H])[2H])c(OC([2H])([2H])[2H])c1OC([2H])([2H])[2H]. The van der Waals surface area contributed by atoms with Gasteiger partial charge in [-0.05, 0) is 26.0 Å². The second kappa shape index (κ2) is 8.89. The van der Waals surface area contributed by atoms with Crippen molar-refractivity contribution in [2.24, 2.45) is 0 Å². The first-order valence-corrected chi connectivity index (χ1v) is 9.35. The van der Waals surface area contributed by atoms with Gasteiger partial charge in [0.15, 0.2) is 40.3 Å². The third kappa shape index (κ3) is 4.42. The van der Waals surface area contributed by atoms with Gasteiger partial charge in [0.05, 0.1) is 42.4 Å². The Kier molecular flexibility index (Phi) is 3.34. The van der Waals surface area contributed by atoms with E-state index in [2.05, 4.69) is 30.9 Å². The third-order valence-electron chi connectivity index (χ3n) is 4.43. The smallest absolute Gasteiger partial charge is 0.269 e. The van der Waals surface area contributed by atoms with Gasteiger partial charge in [0.25, 0.3) is 5.91 Å². The molecule has 1 aliphatic heterocycles. The number of aromatic nitrogens is 3. The molecule has 0 saturated heterocycles. The molecular weight excluding hydrogens is 447 g/mol. The molecule has 1 aromatic carbocycles. The van der Waals surface area contributed by atoms with Gasteiger partial charge >= 0.3 is 0 Å². The van der Waals surface area contributed by atoms with Crippen LogP contribution in [0.1, 0.15) is 28.9 Å². The molecule has 0 radical (unpaired) electrons. The van der Waals surface area contributed by atoms with Crippen LogP contribution >= 0.6 is 0 Å². The normalized spacial score (nSPS) is 19.6. The lowest BCUT2D eigenvalue weighted by atomic mass is 10.1. The van der Waals surface area contributed by atoms with Crippen molar-refractivity contribution in [3.63, 3.8) is 0 Å². The number of benzene rings is 1. The summed E-state index contributed by atoms with van der Waals surface area (Å²) in [5, 5.41) is 7.51. The fraction of sp³-hybridized carbons (Fsp3) is 0.273. The van der Waals surface area contributed by atoms with E-state index < -0.39 is 85.2 Å². The van der Waals surface area contributed by atoms with Crippen molar-refractivity contribution in [2.75, 3.05) is 37.1 Å². The molecule has 0 fully saturated rings. The molecule has 0 bridgehead atoms. The molecule has 0 atom stereocenters. The van der Waals surface area contributed by atoms with Crippen LogP contribution < -0.4 is 34.9 Å². The highest BCUT2D eigenvalue weighted by Gasteiger charge is 2.36. The number of hydrogen-bond acceptors (Lipinski definition) is 10. The van der Waals surface area contributed by atoms with E-state index in [1.807, 2.05) is 0 Å². The fourth-order valence-electron chi connectivity index (χ4n) is 2.79. The van der Waals surface area contributed by atoms with Gasteiger partial charge in [0.2, 0.25) is 11.7 Å². The number of carbonyl (C=O) groups is 1. The van der Waals surface area contributed by atoms with Crippen molar-refractivity contribution >= 4 is 35.0 Å². The summed E-state index contributed by atoms with van der Waals surface area (Å²) in [5.74, 6) is -5.60. The Bertz CT molecular complexity index is 1610. The molecule has 0 unspecified atom stereocenters. The number of ether oxygens (including phenoxy) is 4. The summed E-state index contributed by atoms with van der Waals surface area (Å²) in [6.07, 6.45) is 0.683. The number of halogens is 1. The molecule has 0 saturated carbocycles. The predicted molar refractivity (Wildman–Crippen MR) is 122 cm³/mol. The van der Waals surface area contributed by atoms with Crippen molar-refractivity contribution in [3.05, 3.63) is 36.2 Å². The van der Waals surface area contributed by atoms with Gasteiger partial charge in [0, 0.05) is 17.8 Å². The predicted octanol–water partition coefficient (Wildman–Crippen LogP) is 3.63. The zero-order valence-electron chi connectivity index (χ0n) is 28.5. The molecule has 1 amide bonds. The van der Waals surface area contributed by atoms with Gasteiger partial charge < -0.3 is 34.9 Å². The van der Waals surface area contributed by atoms with Crippen LogP contribution in [0.15, 0.2) is 30.4 Å². The Morgan fingerprint density at radius 1 is 1.12 bits per heavy atom. The average Bonchev–Trinajstić information content (AvgIpc) is 2.87. The van der Waals surface area contributed by atoms with Crippen molar-refractivity contribution < 1.29 is 43.2 Å². The summed E-state index contributed by atoms with van der Waals surface area (Å²) in [5.41, 5.74) is -1.88. The van der Waals surface area contributed by atoms with E-state index in [0.717, 1.165) is 0 Å². The number of amides is 1. The van der Waals surface area contributed by atoms with Crippen LogP contribution in [-0.2, 0) is 4.79 Å². The number of anilines is 5. The number of nitrogens with zero attached hydrogens (tertiary/aromatic N) is 3. The molecule has 3 heterocycles. The Hall–Kier alpha value is -4.35. The summed E-state index contributed by atoms with van der Waals surface area (Å²) in [6, 6.07) is 0.868. The fourth-order valence-corrected chi connectivity index (χ4v) is 2.79. The molecule has 178 valence electrons. The molecule has 3 aromatic rings. The monoisotopic (exact) mass is 481 g/mol. The van der Waals surface area contributed by atoms with Crippen molar-refractivity contribution in [1.29, 1.82) is 0 Å². The summed E-state index contributed by atoms with van der Waals surface area (Å²) in [6.45, 7) is 3.11. The Labute approximate surface area is 210 Å². The first-order chi connectivity index (χ1) is 20.5. The van der Waals surface area contributed by atoms with Crippen LogP contribution in [0.4, 0.5) is 33.5 Å². The van der Waals surface area contributed by atoms with Crippen LogP contribution in [0.5, 0.6) is 23.0 Å². The maximum Gasteiger partial charge on any atom is 0.269 e. The van der Waals surface area contributed by atoms with E-state index in [0.29, 0.717) is 6.20 Å². The topological polar surface area (TPSA) is 129 Å². The zero-order chi connectivity index (χ0) is 33.7. The van der Waals surface area contributed by atoms with Crippen LogP contribution in [-0.4, -0.2) is 47.6 Å². The van der Waals surface area contributed by atoms with E-state index in [9.17, 15) is 9.18 Å². The minimum atomic E-state index is -3.33. The molecule has 11 nitrogen and oxygen atoms in total. The van der Waals surface area contributed by atoms with Gasteiger partial charge in [-0.15, -0.1) is 0 Å². The van der Waals surface area contributed by atoms with Crippen LogP contribution in [0.25, 0.3) is 0 Å². The molecule has 34 heavy (non-hydrogen) atoms. The summed E-state index contributed by atoms with van der Waals surface area (Å²) < 4.78 is 118. The standard InChI is InChI=1S/C22H23FN6O5/c1-22(2)20(30)28-19-13(34-22)6-7-16(27-19)26-18-12(23)10-24-21(29-18)25-11-8-14(31-3)17(33-5)15(9-11)32-4/h6-10H,1-5H3,(H3,24,25,26,27,28,29,30)/i3D3,4D3,5D3,8D,9D. The van der Waals surface area contributed by atoms with Gasteiger partial charge in [-0.25, -0.2) is 14.4 Å². The highest BCUT2D eigenvalue weighted by molar-refractivity contribution is 5.99. The van der Waals surface area contributed by atoms with Crippen LogP contribution in [0, 0.1) is 5.82 Å². The maximum atomic E-state index is 14.7. The van der Waals surface area contributed by atoms with E-state index >= 15 is 0 Å². The van der Waals surface area contributed by atoms with Gasteiger partial charge in [-0.2, -0.15) is 4.98 Å². The van der Waals surface area contributed by atoms with Crippen LogP contribution in [0.2, 0.25) is 0 Å². The van der Waals surface area contributed by atoms with E-state index in [1.54, 1.807) is 13.8 Å². The largest absolute Gasteiger partial charge is 0.493 e. The van der Waals surface area contributed by atoms with Crippen molar-refractivity contribution in [2.45, 2.75) is 19.4 Å². The maximum absolute atomic E-state index is 14.7. The lowest BCUT2D eigenvalue weighted by molar-refractivity contribution is -0.129. The van der Waals surface area contributed by atoms with E-state index in [1.165, 1.54) is 12.1 Å². The second-order valence-electron chi connectivity index (χ2n) is 7.17. The Morgan fingerprint density at radius 3 is 2.56 bits per heavy atom. The van der Waals surface area contributed by atoms with Crippen LogP contribution in [0.3, 0.4) is 0 Å². The number of pyridine rings is 1. The van der Waals surface area contributed by atoms with Gasteiger partial charge in [-0.1, -0.05) is 0 Å².